The second-order valence-corrected chi connectivity index (χ2v) is 11.1. The van der Waals surface area contributed by atoms with E-state index < -0.39 is 65.3 Å². The fourth-order valence-electron chi connectivity index (χ4n) is 3.45. The maximum absolute atomic E-state index is 15.2. The number of nitrogens with two attached hydrogens (primary N) is 1. The van der Waals surface area contributed by atoms with E-state index in [-0.39, 0.29) is 5.82 Å². The lowest BCUT2D eigenvalue weighted by Gasteiger charge is -2.24. The van der Waals surface area contributed by atoms with Crippen molar-refractivity contribution < 1.29 is 60.6 Å². The van der Waals surface area contributed by atoms with Gasteiger partial charge in [0.05, 0.1) is 0 Å². The standard InChI is InChI=1S/C12H17FN3O13P3/c1-2-4-11-9(27-31(22,23)29-32(24,25)28-30(19,20)21)12(11,18)7(13)8(26-11)16-5-3-6(14)15-10(16)17/h2-3,5,7-9,18H,1,4H2,(H,22,23)(H,24,25)(H2,14,15,17)(H2,19,20,21)/t7-,8+,9?,11+,12+/m0/s1. The van der Waals surface area contributed by atoms with Crippen molar-refractivity contribution in [2.24, 2.45) is 0 Å². The summed E-state index contributed by atoms with van der Waals surface area (Å²) in [7, 11) is -17.2. The monoisotopic (exact) mass is 523 g/mol. The molecular weight excluding hydrogens is 506 g/mol. The van der Waals surface area contributed by atoms with Crippen LogP contribution in [-0.4, -0.2) is 57.7 Å². The van der Waals surface area contributed by atoms with Crippen molar-refractivity contribution in [1.29, 1.82) is 0 Å². The topological polar surface area (TPSA) is 250 Å². The summed E-state index contributed by atoms with van der Waals surface area (Å²) in [6.45, 7) is 3.39. The third-order valence-corrected chi connectivity index (χ3v) is 8.45. The highest BCUT2D eigenvalue weighted by molar-refractivity contribution is 7.66. The first-order valence-electron chi connectivity index (χ1n) is 8.30. The molecule has 3 rings (SSSR count). The Kier molecular flexibility index (Phi) is 6.23. The van der Waals surface area contributed by atoms with Gasteiger partial charge in [-0.1, -0.05) is 6.08 Å². The molecule has 0 radical (unpaired) electrons. The molecule has 2 fully saturated rings. The maximum atomic E-state index is 15.2. The highest BCUT2D eigenvalue weighted by Crippen LogP contribution is 2.73. The van der Waals surface area contributed by atoms with Gasteiger partial charge < -0.3 is 35.2 Å². The van der Waals surface area contributed by atoms with Crippen molar-refractivity contribution in [2.75, 3.05) is 5.73 Å². The van der Waals surface area contributed by atoms with Crippen molar-refractivity contribution in [3.05, 3.63) is 35.4 Å². The molecule has 16 nitrogen and oxygen atoms in total. The minimum Gasteiger partial charge on any atom is -0.383 e. The van der Waals surface area contributed by atoms with E-state index in [1.807, 2.05) is 0 Å². The number of rotatable bonds is 9. The zero-order chi connectivity index (χ0) is 24.3. The zero-order valence-corrected chi connectivity index (χ0v) is 18.3. The second-order valence-electron chi connectivity index (χ2n) is 6.74. The Morgan fingerprint density at radius 3 is 2.44 bits per heavy atom. The van der Waals surface area contributed by atoms with E-state index in [1.165, 1.54) is 0 Å². The van der Waals surface area contributed by atoms with Crippen LogP contribution in [0.25, 0.3) is 0 Å². The van der Waals surface area contributed by atoms with Crippen molar-refractivity contribution in [1.82, 2.24) is 9.55 Å². The highest BCUT2D eigenvalue weighted by atomic mass is 31.3. The van der Waals surface area contributed by atoms with Crippen LogP contribution in [0, 0.1) is 0 Å². The molecule has 32 heavy (non-hydrogen) atoms. The van der Waals surface area contributed by atoms with E-state index in [1.54, 1.807) is 0 Å². The first kappa shape index (κ1) is 25.3. The van der Waals surface area contributed by atoms with Crippen LogP contribution in [-0.2, 0) is 31.6 Å². The van der Waals surface area contributed by atoms with Crippen LogP contribution in [0.15, 0.2) is 29.7 Å². The third-order valence-electron chi connectivity index (χ3n) is 4.65. The van der Waals surface area contributed by atoms with Crippen LogP contribution in [0.4, 0.5) is 10.2 Å². The van der Waals surface area contributed by atoms with Gasteiger partial charge in [0.15, 0.2) is 18.0 Å². The number of phosphoric acid groups is 3. The van der Waals surface area contributed by atoms with E-state index in [9.17, 15) is 33.4 Å². The lowest BCUT2D eigenvalue weighted by Crippen LogP contribution is -2.38. The Bertz CT molecular complexity index is 1140. The fourth-order valence-corrected chi connectivity index (χ4v) is 6.71. The number of halogens is 1. The Labute approximate surface area is 177 Å². The summed E-state index contributed by atoms with van der Waals surface area (Å²) >= 11 is 0. The van der Waals surface area contributed by atoms with E-state index in [0.717, 1.165) is 18.3 Å². The highest BCUT2D eigenvalue weighted by Gasteiger charge is 2.89. The minimum atomic E-state index is -5.84. The van der Waals surface area contributed by atoms with E-state index in [2.05, 4.69) is 24.7 Å². The average Bonchev–Trinajstić information content (AvgIpc) is 2.95. The van der Waals surface area contributed by atoms with Crippen molar-refractivity contribution in [3.63, 3.8) is 0 Å². The predicted octanol–water partition coefficient (Wildman–Crippen LogP) is -0.536. The quantitative estimate of drug-likeness (QED) is 0.176. The van der Waals surface area contributed by atoms with Gasteiger partial charge >= 0.3 is 29.2 Å². The van der Waals surface area contributed by atoms with Gasteiger partial charge in [-0.05, 0) is 12.5 Å². The molecular formula is C12H17FN3O13P3. The number of hydrogen-bond acceptors (Lipinski definition) is 11. The predicted molar refractivity (Wildman–Crippen MR) is 99.2 cm³/mol. The summed E-state index contributed by atoms with van der Waals surface area (Å²) in [5.41, 5.74) is -0.428. The van der Waals surface area contributed by atoms with E-state index in [4.69, 9.17) is 20.3 Å². The van der Waals surface area contributed by atoms with Crippen molar-refractivity contribution in [3.8, 4) is 0 Å². The normalized spacial score (nSPS) is 35.5. The van der Waals surface area contributed by atoms with Gasteiger partial charge in [-0.15, -0.1) is 6.58 Å². The number of alkyl halides is 1. The number of aliphatic hydroxyl groups is 1. The SMILES string of the molecule is C=CC[C@]12O[C@@H](n3ccc(N)nc3=O)[C@H](F)[C@@]1(O)C2OP(=O)(O)OP(=O)(O)OP(=O)(O)O. The van der Waals surface area contributed by atoms with Crippen LogP contribution >= 0.6 is 23.5 Å². The van der Waals surface area contributed by atoms with Gasteiger partial charge in [-0.3, -0.25) is 9.09 Å². The Morgan fingerprint density at radius 1 is 1.28 bits per heavy atom. The summed E-state index contributed by atoms with van der Waals surface area (Å²) in [4.78, 5) is 51.4. The third kappa shape index (κ3) is 4.40. The number of nitrogens with zero attached hydrogens (tertiary/aromatic N) is 2. The van der Waals surface area contributed by atoms with Gasteiger partial charge in [0.2, 0.25) is 0 Å². The van der Waals surface area contributed by atoms with Gasteiger partial charge in [-0.25, -0.2) is 22.9 Å². The van der Waals surface area contributed by atoms with E-state index in [0.29, 0.717) is 4.57 Å². The molecule has 1 saturated carbocycles. The largest absolute Gasteiger partial charge is 0.490 e. The number of fused-ring (bicyclic) bond motifs is 1. The van der Waals surface area contributed by atoms with Crippen LogP contribution in [0.2, 0.25) is 0 Å². The van der Waals surface area contributed by atoms with Crippen LogP contribution < -0.4 is 11.4 Å². The van der Waals surface area contributed by atoms with Gasteiger partial charge in [0.1, 0.15) is 17.5 Å². The Morgan fingerprint density at radius 2 is 1.91 bits per heavy atom. The Balaban J connectivity index is 1.85. The molecule has 2 aliphatic rings. The molecule has 1 aromatic heterocycles. The first-order chi connectivity index (χ1) is 14.5. The molecule has 1 aliphatic heterocycles. The van der Waals surface area contributed by atoms with Crippen molar-refractivity contribution in [2.45, 2.75) is 36.1 Å². The van der Waals surface area contributed by atoms with Gasteiger partial charge in [0, 0.05) is 6.20 Å². The first-order valence-corrected chi connectivity index (χ1v) is 12.8. The molecule has 1 aromatic rings. The number of hydrogen-bond donors (Lipinski definition) is 6. The number of aromatic nitrogens is 2. The smallest absolute Gasteiger partial charge is 0.383 e. The maximum Gasteiger partial charge on any atom is 0.490 e. The second kappa shape index (κ2) is 7.87. The van der Waals surface area contributed by atoms with Gasteiger partial charge in [0.25, 0.3) is 0 Å². The molecule has 7 atom stereocenters. The van der Waals surface area contributed by atoms with E-state index >= 15 is 4.39 Å². The molecule has 0 spiro atoms. The molecule has 7 N–H and O–H groups in total. The van der Waals surface area contributed by atoms with Crippen LogP contribution in [0.5, 0.6) is 0 Å². The molecule has 0 aromatic carbocycles. The summed E-state index contributed by atoms with van der Waals surface area (Å²) in [5.74, 6) is -0.171. The molecule has 0 bridgehead atoms. The number of ether oxygens (including phenoxy) is 1. The van der Waals surface area contributed by atoms with Crippen LogP contribution in [0.3, 0.4) is 0 Å². The lowest BCUT2D eigenvalue weighted by atomic mass is 10.1. The van der Waals surface area contributed by atoms with Crippen molar-refractivity contribution >= 4 is 29.3 Å². The molecule has 0 amide bonds. The lowest BCUT2D eigenvalue weighted by molar-refractivity contribution is -0.0906. The number of phosphoric ester groups is 1. The summed E-state index contributed by atoms with van der Waals surface area (Å²) in [6.07, 6.45) is -4.44. The fraction of sp³-hybridized carbons (Fsp3) is 0.500. The van der Waals surface area contributed by atoms with Gasteiger partial charge in [-0.2, -0.15) is 13.6 Å². The summed E-state index contributed by atoms with van der Waals surface area (Å²) in [6, 6.07) is 1.15. The Hall–Kier alpha value is -1.32. The zero-order valence-electron chi connectivity index (χ0n) is 15.6. The number of anilines is 1. The molecule has 1 saturated heterocycles. The average molecular weight is 523 g/mol. The molecule has 1 aliphatic carbocycles. The molecule has 3 unspecified atom stereocenters. The summed E-state index contributed by atoms with van der Waals surface area (Å²) in [5, 5.41) is 10.8. The molecule has 20 heteroatoms. The minimum absolute atomic E-state index is 0.171. The number of nitrogen functional groups attached to an aromatic ring is 1. The molecule has 180 valence electrons. The summed E-state index contributed by atoms with van der Waals surface area (Å²) < 4.78 is 67.2. The molecule has 2 heterocycles. The van der Waals surface area contributed by atoms with Crippen LogP contribution in [0.1, 0.15) is 12.6 Å².